The highest BCUT2D eigenvalue weighted by Gasteiger charge is 2.35. The van der Waals surface area contributed by atoms with Gasteiger partial charge in [-0.15, -0.1) is 0 Å². The molecule has 1 fully saturated rings. The molecule has 152 valence electrons. The molecule has 1 heterocycles. The van der Waals surface area contributed by atoms with Crippen LogP contribution in [0.4, 0.5) is 11.4 Å². The molecule has 1 aliphatic rings. The Hall–Kier alpha value is -3.06. The highest BCUT2D eigenvalue weighted by atomic mass is 35.5. The molecule has 0 saturated carbocycles. The molecule has 2 aromatic rings. The number of rotatable bonds is 6. The molecule has 1 aliphatic heterocycles. The van der Waals surface area contributed by atoms with Gasteiger partial charge in [-0.2, -0.15) is 0 Å². The lowest BCUT2D eigenvalue weighted by molar-refractivity contribution is -0.127. The summed E-state index contributed by atoms with van der Waals surface area (Å²) in [4.78, 5) is 38.4. The molecule has 8 heteroatoms. The Balaban J connectivity index is 1.52. The normalized spacial score (nSPS) is 15.9. The molecular formula is C21H22ClN3O4. The van der Waals surface area contributed by atoms with Crippen LogP contribution in [0.1, 0.15) is 12.0 Å². The fraction of sp³-hybridized carbons (Fsp3) is 0.286. The number of carbonyl (C=O) groups is 3. The summed E-state index contributed by atoms with van der Waals surface area (Å²) in [5, 5.41) is 5.69. The third-order valence-electron chi connectivity index (χ3n) is 4.70. The molecule has 0 aliphatic carbocycles. The maximum absolute atomic E-state index is 12.4. The fourth-order valence-corrected chi connectivity index (χ4v) is 3.40. The van der Waals surface area contributed by atoms with Gasteiger partial charge in [0.25, 0.3) is 0 Å². The lowest BCUT2D eigenvalue weighted by Gasteiger charge is -2.17. The van der Waals surface area contributed by atoms with Crippen LogP contribution in [0, 0.1) is 12.8 Å². The topological polar surface area (TPSA) is 87.7 Å². The largest absolute Gasteiger partial charge is 0.497 e. The molecule has 0 aromatic heterocycles. The lowest BCUT2D eigenvalue weighted by atomic mass is 10.1. The number of hydrogen-bond donors (Lipinski definition) is 2. The number of halogens is 1. The summed E-state index contributed by atoms with van der Waals surface area (Å²) in [6.45, 7) is 1.97. The Bertz CT molecular complexity index is 930. The first-order chi connectivity index (χ1) is 13.9. The van der Waals surface area contributed by atoms with Crippen LogP contribution in [0.3, 0.4) is 0 Å². The van der Waals surface area contributed by atoms with E-state index in [9.17, 15) is 14.4 Å². The predicted molar refractivity (Wildman–Crippen MR) is 111 cm³/mol. The molecule has 0 bridgehead atoms. The zero-order valence-corrected chi connectivity index (χ0v) is 17.0. The molecule has 29 heavy (non-hydrogen) atoms. The van der Waals surface area contributed by atoms with Crippen molar-refractivity contribution in [3.63, 3.8) is 0 Å². The van der Waals surface area contributed by atoms with Crippen LogP contribution < -0.4 is 20.3 Å². The average Bonchev–Trinajstić information content (AvgIpc) is 3.10. The van der Waals surface area contributed by atoms with E-state index in [-0.39, 0.29) is 37.2 Å². The van der Waals surface area contributed by atoms with Crippen LogP contribution in [0.15, 0.2) is 42.5 Å². The molecule has 7 nitrogen and oxygen atoms in total. The van der Waals surface area contributed by atoms with Crippen molar-refractivity contribution in [2.75, 3.05) is 30.4 Å². The molecule has 0 radical (unpaired) electrons. The zero-order valence-electron chi connectivity index (χ0n) is 16.2. The smallest absolute Gasteiger partial charge is 0.243 e. The van der Waals surface area contributed by atoms with Gasteiger partial charge in [-0.3, -0.25) is 14.4 Å². The zero-order chi connectivity index (χ0) is 21.0. The van der Waals surface area contributed by atoms with Crippen LogP contribution in [-0.4, -0.2) is 37.9 Å². The maximum Gasteiger partial charge on any atom is 0.243 e. The minimum absolute atomic E-state index is 0.100. The number of methoxy groups -OCH3 is 1. The Morgan fingerprint density at radius 2 is 1.93 bits per heavy atom. The van der Waals surface area contributed by atoms with E-state index in [1.165, 1.54) is 0 Å². The maximum atomic E-state index is 12.4. The first kappa shape index (κ1) is 20.7. The summed E-state index contributed by atoms with van der Waals surface area (Å²) in [5.74, 6) is -0.680. The predicted octanol–water partition coefficient (Wildman–Crippen LogP) is 2.76. The van der Waals surface area contributed by atoms with Crippen molar-refractivity contribution in [2.24, 2.45) is 5.92 Å². The van der Waals surface area contributed by atoms with Crippen LogP contribution in [0.2, 0.25) is 5.02 Å². The Kier molecular flexibility index (Phi) is 6.39. The van der Waals surface area contributed by atoms with Gasteiger partial charge >= 0.3 is 0 Å². The number of benzene rings is 2. The summed E-state index contributed by atoms with van der Waals surface area (Å²) in [5.41, 5.74) is 2.17. The molecule has 1 unspecified atom stereocenters. The van der Waals surface area contributed by atoms with Crippen LogP contribution in [0.5, 0.6) is 5.75 Å². The van der Waals surface area contributed by atoms with Crippen molar-refractivity contribution < 1.29 is 19.1 Å². The summed E-state index contributed by atoms with van der Waals surface area (Å²) in [7, 11) is 1.57. The number of carbonyl (C=O) groups excluding carboxylic acids is 3. The quantitative estimate of drug-likeness (QED) is 0.759. The van der Waals surface area contributed by atoms with Crippen molar-refractivity contribution >= 4 is 40.7 Å². The Morgan fingerprint density at radius 3 is 2.59 bits per heavy atom. The first-order valence-electron chi connectivity index (χ1n) is 9.15. The standard InChI is InChI=1S/C21H22ClN3O4/c1-13-3-8-18(17(22)9-13)24-19(26)11-23-21(28)14-10-20(27)25(12-14)15-4-6-16(29-2)7-5-15/h3-9,14H,10-12H2,1-2H3,(H,23,28)(H,24,26). The van der Waals surface area contributed by atoms with E-state index >= 15 is 0 Å². The Labute approximate surface area is 174 Å². The minimum atomic E-state index is -0.514. The number of nitrogens with zero attached hydrogens (tertiary/aromatic N) is 1. The number of ether oxygens (including phenoxy) is 1. The second kappa shape index (κ2) is 8.96. The van der Waals surface area contributed by atoms with Crippen LogP contribution in [0.25, 0.3) is 0 Å². The fourth-order valence-electron chi connectivity index (χ4n) is 3.12. The van der Waals surface area contributed by atoms with Crippen LogP contribution in [-0.2, 0) is 14.4 Å². The van der Waals surface area contributed by atoms with Gasteiger partial charge in [-0.1, -0.05) is 17.7 Å². The van der Waals surface area contributed by atoms with Crippen molar-refractivity contribution in [3.05, 3.63) is 53.1 Å². The van der Waals surface area contributed by atoms with Gasteiger partial charge in [-0.25, -0.2) is 0 Å². The average molecular weight is 416 g/mol. The van der Waals surface area contributed by atoms with Crippen molar-refractivity contribution in [3.8, 4) is 5.75 Å². The summed E-state index contributed by atoms with van der Waals surface area (Å²) < 4.78 is 5.11. The first-order valence-corrected chi connectivity index (χ1v) is 9.53. The second-order valence-electron chi connectivity index (χ2n) is 6.85. The highest BCUT2D eigenvalue weighted by molar-refractivity contribution is 6.33. The van der Waals surface area contributed by atoms with E-state index in [2.05, 4.69) is 10.6 Å². The number of amides is 3. The molecule has 3 rings (SSSR count). The van der Waals surface area contributed by atoms with E-state index < -0.39 is 5.92 Å². The van der Waals surface area contributed by atoms with Gasteiger partial charge in [0.15, 0.2) is 0 Å². The van der Waals surface area contributed by atoms with Crippen molar-refractivity contribution in [1.82, 2.24) is 5.32 Å². The van der Waals surface area contributed by atoms with E-state index in [1.54, 1.807) is 48.4 Å². The van der Waals surface area contributed by atoms with Gasteiger partial charge in [0.05, 0.1) is 30.3 Å². The van der Waals surface area contributed by atoms with Gasteiger partial charge < -0.3 is 20.3 Å². The monoisotopic (exact) mass is 415 g/mol. The Morgan fingerprint density at radius 1 is 1.21 bits per heavy atom. The van der Waals surface area contributed by atoms with E-state index in [1.807, 2.05) is 13.0 Å². The van der Waals surface area contributed by atoms with Crippen LogP contribution >= 0.6 is 11.6 Å². The summed E-state index contributed by atoms with van der Waals surface area (Å²) in [6.07, 6.45) is 0.100. The SMILES string of the molecule is COc1ccc(N2CC(C(=O)NCC(=O)Nc3ccc(C)cc3Cl)CC2=O)cc1. The lowest BCUT2D eigenvalue weighted by Crippen LogP contribution is -2.38. The molecule has 2 aromatic carbocycles. The van der Waals surface area contributed by atoms with Crippen molar-refractivity contribution in [1.29, 1.82) is 0 Å². The number of hydrogen-bond acceptors (Lipinski definition) is 4. The van der Waals surface area contributed by atoms with E-state index in [4.69, 9.17) is 16.3 Å². The number of anilines is 2. The molecule has 0 spiro atoms. The molecular weight excluding hydrogens is 394 g/mol. The molecule has 1 atom stereocenters. The number of nitrogens with one attached hydrogen (secondary N) is 2. The summed E-state index contributed by atoms with van der Waals surface area (Å²) >= 11 is 6.10. The van der Waals surface area contributed by atoms with Gasteiger partial charge in [-0.05, 0) is 48.9 Å². The van der Waals surface area contributed by atoms with E-state index in [0.717, 1.165) is 5.56 Å². The second-order valence-corrected chi connectivity index (χ2v) is 7.26. The third kappa shape index (κ3) is 5.06. The van der Waals surface area contributed by atoms with Crippen molar-refractivity contribution in [2.45, 2.75) is 13.3 Å². The van der Waals surface area contributed by atoms with Gasteiger partial charge in [0, 0.05) is 18.7 Å². The molecule has 3 amide bonds. The number of aryl methyl sites for hydroxylation is 1. The van der Waals surface area contributed by atoms with Gasteiger partial charge in [0.2, 0.25) is 17.7 Å². The van der Waals surface area contributed by atoms with Gasteiger partial charge in [0.1, 0.15) is 5.75 Å². The third-order valence-corrected chi connectivity index (χ3v) is 5.01. The summed E-state index contributed by atoms with van der Waals surface area (Å²) in [6, 6.07) is 12.4. The molecule has 1 saturated heterocycles. The van der Waals surface area contributed by atoms with E-state index in [0.29, 0.717) is 22.1 Å². The minimum Gasteiger partial charge on any atom is -0.497 e. The highest BCUT2D eigenvalue weighted by Crippen LogP contribution is 2.27. The molecule has 2 N–H and O–H groups in total.